The van der Waals surface area contributed by atoms with Crippen LogP contribution >= 0.6 is 0 Å². The number of hydrogen-bond acceptors (Lipinski definition) is 4. The molecule has 0 bridgehead atoms. The number of likely N-dealkylation sites (tertiary alicyclic amines) is 2. The second kappa shape index (κ2) is 7.11. The third-order valence-corrected chi connectivity index (χ3v) is 5.62. The normalized spacial score (nSPS) is 25.4. The molecule has 140 valence electrons. The summed E-state index contributed by atoms with van der Waals surface area (Å²) in [6, 6.07) is 6.00. The standard InChI is InChI=1S/C20H26N2O4/c1-4-6-15-9-14(7-8-17(15)26-3)10-21-11-16-18(23)22(5-2)13-20(16,12-21)19(24)25/h4,7-9,16H,1,5-6,10-13H2,2-3H3,(H,24,25)/t16-,20-/m0/s1. The van der Waals surface area contributed by atoms with Crippen LogP contribution in [0.15, 0.2) is 30.9 Å². The highest BCUT2D eigenvalue weighted by molar-refractivity contribution is 5.92. The first-order chi connectivity index (χ1) is 12.4. The van der Waals surface area contributed by atoms with Crippen molar-refractivity contribution in [3.63, 3.8) is 0 Å². The maximum atomic E-state index is 12.6. The largest absolute Gasteiger partial charge is 0.496 e. The molecule has 6 heteroatoms. The summed E-state index contributed by atoms with van der Waals surface area (Å²) in [6.45, 7) is 8.06. The minimum absolute atomic E-state index is 0.0283. The average molecular weight is 358 g/mol. The molecule has 1 aromatic rings. The Balaban J connectivity index is 1.79. The van der Waals surface area contributed by atoms with Gasteiger partial charge in [-0.25, -0.2) is 0 Å². The fraction of sp³-hybridized carbons (Fsp3) is 0.500. The molecule has 2 saturated heterocycles. The zero-order valence-corrected chi connectivity index (χ0v) is 15.4. The number of carboxylic acids is 1. The summed E-state index contributed by atoms with van der Waals surface area (Å²) in [4.78, 5) is 28.3. The van der Waals surface area contributed by atoms with Crippen LogP contribution in [0, 0.1) is 11.3 Å². The Morgan fingerprint density at radius 3 is 2.81 bits per heavy atom. The summed E-state index contributed by atoms with van der Waals surface area (Å²) in [5.41, 5.74) is 1.16. The van der Waals surface area contributed by atoms with Gasteiger partial charge in [-0.3, -0.25) is 14.5 Å². The van der Waals surface area contributed by atoms with Gasteiger partial charge in [-0.15, -0.1) is 6.58 Å². The van der Waals surface area contributed by atoms with Crippen molar-refractivity contribution >= 4 is 11.9 Å². The van der Waals surface area contributed by atoms with Crippen LogP contribution in [0.4, 0.5) is 0 Å². The van der Waals surface area contributed by atoms with E-state index in [-0.39, 0.29) is 5.91 Å². The van der Waals surface area contributed by atoms with E-state index < -0.39 is 17.3 Å². The summed E-state index contributed by atoms with van der Waals surface area (Å²) in [7, 11) is 1.64. The van der Waals surface area contributed by atoms with Crippen molar-refractivity contribution in [2.45, 2.75) is 19.9 Å². The summed E-state index contributed by atoms with van der Waals surface area (Å²) in [5, 5.41) is 9.84. The van der Waals surface area contributed by atoms with Crippen LogP contribution in [0.25, 0.3) is 0 Å². The lowest BCUT2D eigenvalue weighted by molar-refractivity contribution is -0.149. The van der Waals surface area contributed by atoms with Gasteiger partial charge >= 0.3 is 5.97 Å². The Morgan fingerprint density at radius 2 is 2.23 bits per heavy atom. The molecule has 2 aliphatic rings. The summed E-state index contributed by atoms with van der Waals surface area (Å²) < 4.78 is 5.38. The zero-order valence-electron chi connectivity index (χ0n) is 15.4. The Labute approximate surface area is 154 Å². The van der Waals surface area contributed by atoms with Crippen molar-refractivity contribution in [3.8, 4) is 5.75 Å². The number of allylic oxidation sites excluding steroid dienone is 1. The van der Waals surface area contributed by atoms with E-state index in [1.807, 2.05) is 25.1 Å². The molecule has 0 aromatic heterocycles. The molecule has 0 spiro atoms. The molecule has 3 rings (SSSR count). The summed E-state index contributed by atoms with van der Waals surface area (Å²) in [5.74, 6) is -0.524. The van der Waals surface area contributed by atoms with E-state index in [1.165, 1.54) is 0 Å². The molecule has 0 aliphatic carbocycles. The highest BCUT2D eigenvalue weighted by atomic mass is 16.5. The molecule has 26 heavy (non-hydrogen) atoms. The number of hydrogen-bond donors (Lipinski definition) is 1. The summed E-state index contributed by atoms with van der Waals surface area (Å²) >= 11 is 0. The van der Waals surface area contributed by atoms with Crippen LogP contribution in [-0.4, -0.2) is 60.1 Å². The lowest BCUT2D eigenvalue weighted by atomic mass is 9.81. The van der Waals surface area contributed by atoms with E-state index in [2.05, 4.69) is 17.5 Å². The summed E-state index contributed by atoms with van der Waals surface area (Å²) in [6.07, 6.45) is 2.54. The number of benzene rings is 1. The molecule has 2 fully saturated rings. The van der Waals surface area contributed by atoms with Gasteiger partial charge in [0, 0.05) is 32.7 Å². The highest BCUT2D eigenvalue weighted by Crippen LogP contribution is 2.44. The minimum Gasteiger partial charge on any atom is -0.496 e. The maximum Gasteiger partial charge on any atom is 0.313 e. The molecule has 0 unspecified atom stereocenters. The Morgan fingerprint density at radius 1 is 1.46 bits per heavy atom. The first kappa shape index (κ1) is 18.5. The van der Waals surface area contributed by atoms with Gasteiger partial charge in [0.2, 0.25) is 5.91 Å². The van der Waals surface area contributed by atoms with Gasteiger partial charge in [-0.2, -0.15) is 0 Å². The molecule has 2 heterocycles. The van der Waals surface area contributed by atoms with E-state index >= 15 is 0 Å². The highest BCUT2D eigenvalue weighted by Gasteiger charge is 2.61. The van der Waals surface area contributed by atoms with E-state index in [1.54, 1.807) is 12.0 Å². The maximum absolute atomic E-state index is 12.6. The second-order valence-electron chi connectivity index (χ2n) is 7.17. The second-order valence-corrected chi connectivity index (χ2v) is 7.17. The minimum atomic E-state index is -0.983. The van der Waals surface area contributed by atoms with E-state index in [9.17, 15) is 14.7 Å². The first-order valence-electron chi connectivity index (χ1n) is 8.96. The third kappa shape index (κ3) is 2.98. The SMILES string of the molecule is C=CCc1cc(CN2C[C@H]3C(=O)N(CC)C[C@@]3(C(=O)O)C2)ccc1OC. The van der Waals surface area contributed by atoms with Gasteiger partial charge < -0.3 is 14.7 Å². The van der Waals surface area contributed by atoms with Crippen LogP contribution in [0.5, 0.6) is 5.75 Å². The number of carboxylic acid groups (broad SMARTS) is 1. The predicted molar refractivity (Wildman–Crippen MR) is 98.0 cm³/mol. The molecule has 2 aliphatic heterocycles. The lowest BCUT2D eigenvalue weighted by Gasteiger charge is -2.25. The molecule has 1 aromatic carbocycles. The first-order valence-corrected chi connectivity index (χ1v) is 8.96. The smallest absolute Gasteiger partial charge is 0.313 e. The van der Waals surface area contributed by atoms with Crippen LogP contribution in [0.2, 0.25) is 0 Å². The molecule has 0 radical (unpaired) electrons. The molecule has 0 saturated carbocycles. The van der Waals surface area contributed by atoms with E-state index in [4.69, 9.17) is 4.74 Å². The van der Waals surface area contributed by atoms with Crippen LogP contribution < -0.4 is 4.74 Å². The molecule has 6 nitrogen and oxygen atoms in total. The van der Waals surface area contributed by atoms with E-state index in [0.717, 1.165) is 16.9 Å². The molecule has 2 atom stereocenters. The number of carbonyl (C=O) groups excluding carboxylic acids is 1. The topological polar surface area (TPSA) is 70.1 Å². The van der Waals surface area contributed by atoms with E-state index in [0.29, 0.717) is 39.1 Å². The third-order valence-electron chi connectivity index (χ3n) is 5.62. The zero-order chi connectivity index (χ0) is 18.9. The Kier molecular flexibility index (Phi) is 5.05. The molecule has 1 amide bonds. The number of ether oxygens (including phenoxy) is 1. The average Bonchev–Trinajstić information content (AvgIpc) is 3.11. The van der Waals surface area contributed by atoms with Crippen molar-refractivity contribution in [1.82, 2.24) is 9.80 Å². The number of carbonyl (C=O) groups is 2. The van der Waals surface area contributed by atoms with Gasteiger partial charge in [0.1, 0.15) is 11.2 Å². The van der Waals surface area contributed by atoms with Crippen molar-refractivity contribution in [3.05, 3.63) is 42.0 Å². The number of amides is 1. The number of rotatable bonds is 7. The molecular weight excluding hydrogens is 332 g/mol. The van der Waals surface area contributed by atoms with Crippen molar-refractivity contribution in [1.29, 1.82) is 0 Å². The van der Waals surface area contributed by atoms with Crippen molar-refractivity contribution < 1.29 is 19.4 Å². The van der Waals surface area contributed by atoms with Gasteiger partial charge in [0.25, 0.3) is 0 Å². The molecular formula is C20H26N2O4. The van der Waals surface area contributed by atoms with Crippen LogP contribution in [-0.2, 0) is 22.6 Å². The number of methoxy groups -OCH3 is 1. The van der Waals surface area contributed by atoms with Gasteiger partial charge in [0.15, 0.2) is 0 Å². The van der Waals surface area contributed by atoms with Crippen molar-refractivity contribution in [2.75, 3.05) is 33.3 Å². The predicted octanol–water partition coefficient (Wildman–Crippen LogP) is 1.79. The number of nitrogens with zero attached hydrogens (tertiary/aromatic N) is 2. The fourth-order valence-corrected chi connectivity index (χ4v) is 4.30. The number of aliphatic carboxylic acids is 1. The quantitative estimate of drug-likeness (QED) is 0.753. The molecule has 1 N–H and O–H groups in total. The number of fused-ring (bicyclic) bond motifs is 1. The van der Waals surface area contributed by atoms with Crippen molar-refractivity contribution in [2.24, 2.45) is 11.3 Å². The monoisotopic (exact) mass is 358 g/mol. The van der Waals surface area contributed by atoms with Crippen LogP contribution in [0.3, 0.4) is 0 Å². The van der Waals surface area contributed by atoms with Gasteiger partial charge in [-0.05, 0) is 30.5 Å². The fourth-order valence-electron chi connectivity index (χ4n) is 4.30. The Bertz CT molecular complexity index is 733. The Hall–Kier alpha value is -2.34. The van der Waals surface area contributed by atoms with Gasteiger partial charge in [-0.1, -0.05) is 18.2 Å². The van der Waals surface area contributed by atoms with Gasteiger partial charge in [0.05, 0.1) is 13.0 Å². The van der Waals surface area contributed by atoms with Crippen LogP contribution in [0.1, 0.15) is 18.1 Å². The lowest BCUT2D eigenvalue weighted by Crippen LogP contribution is -2.40.